The maximum Gasteiger partial charge on any atom is 0.0991 e. The molecular weight excluding hydrogens is 813 g/mol. The second-order valence-corrected chi connectivity index (χ2v) is 16.4. The number of rotatable bonds is 12. The lowest BCUT2D eigenvalue weighted by molar-refractivity contribution is 0.745. The van der Waals surface area contributed by atoms with Crippen LogP contribution in [0.2, 0.25) is 0 Å². The van der Waals surface area contributed by atoms with Crippen molar-refractivity contribution in [3.63, 3.8) is 0 Å². The van der Waals surface area contributed by atoms with Crippen LogP contribution in [0.4, 0.5) is 34.1 Å². The van der Waals surface area contributed by atoms with Gasteiger partial charge in [0.2, 0.25) is 0 Å². The highest BCUT2D eigenvalue weighted by Crippen LogP contribution is 2.48. The Hall–Kier alpha value is -9.22. The van der Waals surface area contributed by atoms with Crippen LogP contribution in [-0.2, 0) is 5.41 Å². The molecule has 0 saturated carbocycles. The molecule has 0 radical (unpaired) electrons. The molecule has 0 aliphatic heterocycles. The first-order chi connectivity index (χ1) is 33.1. The molecule has 0 spiro atoms. The minimum absolute atomic E-state index is 0.631. The van der Waals surface area contributed by atoms with Gasteiger partial charge in [-0.15, -0.1) is 0 Å². The maximum atomic E-state index is 9.51. The van der Waals surface area contributed by atoms with E-state index in [9.17, 15) is 10.5 Å². The van der Waals surface area contributed by atoms with Gasteiger partial charge in [-0.2, -0.15) is 10.5 Å². The first-order valence-electron chi connectivity index (χ1n) is 22.4. The monoisotopic (exact) mass is 856 g/mol. The molecule has 0 heterocycles. The van der Waals surface area contributed by atoms with Gasteiger partial charge in [0.05, 0.1) is 28.7 Å². The molecule has 4 heteroatoms. The van der Waals surface area contributed by atoms with Crippen molar-refractivity contribution in [2.45, 2.75) is 5.41 Å². The van der Waals surface area contributed by atoms with Gasteiger partial charge >= 0.3 is 0 Å². The highest BCUT2D eigenvalue weighted by molar-refractivity contribution is 5.79. The first kappa shape index (κ1) is 41.8. The Bertz CT molecular complexity index is 2980. The fraction of sp³-hybridized carbons (Fsp3) is 0.0159. The number of benzene rings is 10. The maximum absolute atomic E-state index is 9.51. The van der Waals surface area contributed by atoms with Gasteiger partial charge in [0.25, 0.3) is 0 Å². The molecule has 0 saturated heterocycles. The summed E-state index contributed by atoms with van der Waals surface area (Å²) >= 11 is 0. The lowest BCUT2D eigenvalue weighted by atomic mass is 9.65. The Kier molecular flexibility index (Phi) is 11.8. The standard InChI is InChI=1S/C63H44N4/c64-45-47-21-25-49(26-22-47)51-29-33-53(34-30-51)63(54-35-31-52(32-36-54)50-27-23-48(46-65)24-28-50,55-37-41-61(42-38-55)66(57-13-5-1-6-14-57)58-15-7-2-8-16-58)56-39-43-62(44-40-56)67(59-17-9-3-10-18-59)60-19-11-4-12-20-60/h1-44H. The zero-order chi connectivity index (χ0) is 45.4. The van der Waals surface area contributed by atoms with E-state index in [-0.39, 0.29) is 0 Å². The van der Waals surface area contributed by atoms with E-state index in [2.05, 4.69) is 216 Å². The summed E-state index contributed by atoms with van der Waals surface area (Å²) in [6.45, 7) is 0. The van der Waals surface area contributed by atoms with Crippen LogP contribution in [0.5, 0.6) is 0 Å². The number of hydrogen-bond acceptors (Lipinski definition) is 4. The molecule has 10 aromatic rings. The highest BCUT2D eigenvalue weighted by atomic mass is 15.1. The minimum atomic E-state index is -0.794. The van der Waals surface area contributed by atoms with Gasteiger partial charge in [-0.05, 0) is 142 Å². The Balaban J connectivity index is 1.18. The van der Waals surface area contributed by atoms with Gasteiger partial charge in [0, 0.05) is 34.1 Å². The minimum Gasteiger partial charge on any atom is -0.311 e. The molecular formula is C63H44N4. The summed E-state index contributed by atoms with van der Waals surface area (Å²) in [5, 5.41) is 19.0. The topological polar surface area (TPSA) is 54.1 Å². The molecule has 10 rings (SSSR count). The molecule has 0 fully saturated rings. The molecule has 0 aromatic heterocycles. The Labute approximate surface area is 392 Å². The normalized spacial score (nSPS) is 11.0. The number of nitrogens with zero attached hydrogens (tertiary/aromatic N) is 4. The molecule has 4 nitrogen and oxygen atoms in total. The van der Waals surface area contributed by atoms with Crippen LogP contribution in [0, 0.1) is 22.7 Å². The third kappa shape index (κ3) is 8.36. The summed E-state index contributed by atoms with van der Waals surface area (Å²) in [4.78, 5) is 4.58. The SMILES string of the molecule is N#Cc1ccc(-c2ccc(C(c3ccc(-c4ccc(C#N)cc4)cc3)(c3ccc(N(c4ccccc4)c4ccccc4)cc3)c3ccc(N(c4ccccc4)c4ccccc4)cc3)cc2)cc1. The van der Waals surface area contributed by atoms with Crippen LogP contribution < -0.4 is 9.80 Å². The summed E-state index contributed by atoms with van der Waals surface area (Å²) in [6, 6.07) is 97.9. The second-order valence-electron chi connectivity index (χ2n) is 16.4. The van der Waals surface area contributed by atoms with E-state index < -0.39 is 5.41 Å². The van der Waals surface area contributed by atoms with Crippen molar-refractivity contribution in [2.24, 2.45) is 0 Å². The summed E-state index contributed by atoms with van der Waals surface area (Å²) < 4.78 is 0. The van der Waals surface area contributed by atoms with Gasteiger partial charge in [0.1, 0.15) is 0 Å². The van der Waals surface area contributed by atoms with Crippen molar-refractivity contribution < 1.29 is 0 Å². The Morgan fingerprint density at radius 3 is 0.687 bits per heavy atom. The summed E-state index contributed by atoms with van der Waals surface area (Å²) in [5.74, 6) is 0. The lowest BCUT2D eigenvalue weighted by Crippen LogP contribution is -2.31. The van der Waals surface area contributed by atoms with E-state index in [1.54, 1.807) is 0 Å². The van der Waals surface area contributed by atoms with Crippen LogP contribution in [0.25, 0.3) is 22.3 Å². The Morgan fingerprint density at radius 1 is 0.239 bits per heavy atom. The quantitative estimate of drug-likeness (QED) is 0.115. The van der Waals surface area contributed by atoms with Gasteiger partial charge in [-0.3, -0.25) is 0 Å². The average Bonchev–Trinajstić information content (AvgIpc) is 3.41. The van der Waals surface area contributed by atoms with E-state index in [1.165, 1.54) is 0 Å². The van der Waals surface area contributed by atoms with Gasteiger partial charge in [-0.1, -0.05) is 170 Å². The molecule has 0 aliphatic carbocycles. The van der Waals surface area contributed by atoms with Crippen LogP contribution in [0.3, 0.4) is 0 Å². The molecule has 0 bridgehead atoms. The summed E-state index contributed by atoms with van der Waals surface area (Å²) in [6.07, 6.45) is 0. The van der Waals surface area contributed by atoms with Crippen molar-refractivity contribution in [1.29, 1.82) is 10.5 Å². The van der Waals surface area contributed by atoms with Crippen molar-refractivity contribution >= 4 is 34.1 Å². The molecule has 0 unspecified atom stereocenters. The fourth-order valence-corrected chi connectivity index (χ4v) is 9.22. The smallest absolute Gasteiger partial charge is 0.0991 e. The first-order valence-corrected chi connectivity index (χ1v) is 22.4. The molecule has 0 N–H and O–H groups in total. The largest absolute Gasteiger partial charge is 0.311 e. The van der Waals surface area contributed by atoms with Crippen molar-refractivity contribution in [3.05, 3.63) is 300 Å². The molecule has 316 valence electrons. The molecule has 0 amide bonds. The lowest BCUT2D eigenvalue weighted by Gasteiger charge is -2.38. The van der Waals surface area contributed by atoms with E-state index >= 15 is 0 Å². The van der Waals surface area contributed by atoms with Gasteiger partial charge in [0.15, 0.2) is 0 Å². The third-order valence-electron chi connectivity index (χ3n) is 12.5. The van der Waals surface area contributed by atoms with Crippen molar-refractivity contribution in [3.8, 4) is 34.4 Å². The summed E-state index contributed by atoms with van der Waals surface area (Å²) in [5.41, 5.74) is 15.4. The van der Waals surface area contributed by atoms with E-state index in [4.69, 9.17) is 0 Å². The average molecular weight is 857 g/mol. The third-order valence-corrected chi connectivity index (χ3v) is 12.5. The van der Waals surface area contributed by atoms with E-state index in [1.807, 2.05) is 72.8 Å². The van der Waals surface area contributed by atoms with Crippen molar-refractivity contribution in [1.82, 2.24) is 0 Å². The van der Waals surface area contributed by atoms with Crippen LogP contribution >= 0.6 is 0 Å². The van der Waals surface area contributed by atoms with Crippen LogP contribution in [0.1, 0.15) is 33.4 Å². The van der Waals surface area contributed by atoms with Crippen molar-refractivity contribution in [2.75, 3.05) is 9.80 Å². The number of para-hydroxylation sites is 4. The number of nitriles is 2. The predicted molar refractivity (Wildman–Crippen MR) is 274 cm³/mol. The molecule has 67 heavy (non-hydrogen) atoms. The zero-order valence-corrected chi connectivity index (χ0v) is 36.7. The zero-order valence-electron chi connectivity index (χ0n) is 36.7. The fourth-order valence-electron chi connectivity index (χ4n) is 9.22. The second kappa shape index (κ2) is 18.9. The van der Waals surface area contributed by atoms with Gasteiger partial charge in [-0.25, -0.2) is 0 Å². The number of anilines is 6. The predicted octanol–water partition coefficient (Wildman–Crippen LogP) is 16.1. The molecule has 0 atom stereocenters. The Morgan fingerprint density at radius 2 is 0.448 bits per heavy atom. The molecule has 0 aliphatic rings. The number of hydrogen-bond donors (Lipinski definition) is 0. The summed E-state index contributed by atoms with van der Waals surface area (Å²) in [7, 11) is 0. The van der Waals surface area contributed by atoms with Gasteiger partial charge < -0.3 is 9.80 Å². The van der Waals surface area contributed by atoms with E-state index in [0.717, 1.165) is 78.6 Å². The van der Waals surface area contributed by atoms with E-state index in [0.29, 0.717) is 11.1 Å². The highest BCUT2D eigenvalue weighted by Gasteiger charge is 2.39. The molecule has 10 aromatic carbocycles. The van der Waals surface area contributed by atoms with Crippen LogP contribution in [0.15, 0.2) is 267 Å². The van der Waals surface area contributed by atoms with Crippen LogP contribution in [-0.4, -0.2) is 0 Å².